The Kier molecular flexibility index (Phi) is 3.14. The van der Waals surface area contributed by atoms with E-state index in [9.17, 15) is 9.90 Å². The van der Waals surface area contributed by atoms with E-state index in [-0.39, 0.29) is 29.6 Å². The third-order valence-electron chi connectivity index (χ3n) is 1.61. The largest absolute Gasteiger partial charge is 0.508 e. The number of carbonyl (C=O) groups is 1. The standard InChI is InChI=1S/C9H9ClO3/c10-5-8(12)3-6-1-2-7(11)4-9(6)13/h1-2,4,11,13H,3,5H2. The predicted octanol–water partition coefficient (Wildman–Crippen LogP) is 1.45. The molecule has 0 spiro atoms. The SMILES string of the molecule is O=C(CCl)Cc1ccc(O)cc1O. The van der Waals surface area contributed by atoms with Crippen LogP contribution >= 0.6 is 11.6 Å². The Morgan fingerprint density at radius 3 is 2.62 bits per heavy atom. The average molecular weight is 201 g/mol. The van der Waals surface area contributed by atoms with Gasteiger partial charge in [0.2, 0.25) is 0 Å². The van der Waals surface area contributed by atoms with Crippen molar-refractivity contribution in [2.75, 3.05) is 5.88 Å². The lowest BCUT2D eigenvalue weighted by Crippen LogP contribution is -2.03. The number of phenols is 2. The normalized spacial score (nSPS) is 9.92. The summed E-state index contributed by atoms with van der Waals surface area (Å²) in [5.74, 6) is -0.346. The first-order valence-corrected chi connectivity index (χ1v) is 4.25. The Hall–Kier alpha value is -1.22. The summed E-state index contributed by atoms with van der Waals surface area (Å²) in [6, 6.07) is 4.10. The zero-order valence-corrected chi connectivity index (χ0v) is 7.58. The fourth-order valence-corrected chi connectivity index (χ4v) is 1.06. The third-order valence-corrected chi connectivity index (χ3v) is 1.90. The van der Waals surface area contributed by atoms with Crippen molar-refractivity contribution in [1.29, 1.82) is 0 Å². The molecule has 2 N–H and O–H groups in total. The highest BCUT2D eigenvalue weighted by atomic mass is 35.5. The molecule has 1 aromatic carbocycles. The minimum absolute atomic E-state index is 0.0282. The van der Waals surface area contributed by atoms with Crippen LogP contribution in [0, 0.1) is 0 Å². The molecule has 0 aliphatic heterocycles. The van der Waals surface area contributed by atoms with Gasteiger partial charge in [-0.2, -0.15) is 0 Å². The minimum atomic E-state index is -0.164. The summed E-state index contributed by atoms with van der Waals surface area (Å²) >= 11 is 5.30. The Labute approximate surface area is 80.6 Å². The molecule has 13 heavy (non-hydrogen) atoms. The highest BCUT2D eigenvalue weighted by molar-refractivity contribution is 6.27. The number of halogens is 1. The van der Waals surface area contributed by atoms with Crippen molar-refractivity contribution in [2.24, 2.45) is 0 Å². The molecule has 4 heteroatoms. The van der Waals surface area contributed by atoms with E-state index < -0.39 is 0 Å². The number of phenolic OH excluding ortho intramolecular Hbond substituents is 2. The number of hydrogen-bond acceptors (Lipinski definition) is 3. The molecule has 0 fully saturated rings. The fraction of sp³-hybridized carbons (Fsp3) is 0.222. The molecule has 0 unspecified atom stereocenters. The molecule has 0 saturated heterocycles. The fourth-order valence-electron chi connectivity index (χ4n) is 0.961. The van der Waals surface area contributed by atoms with Crippen molar-refractivity contribution in [3.05, 3.63) is 23.8 Å². The van der Waals surface area contributed by atoms with Gasteiger partial charge in [-0.05, 0) is 6.07 Å². The van der Waals surface area contributed by atoms with Gasteiger partial charge in [-0.15, -0.1) is 11.6 Å². The number of hydrogen-bond donors (Lipinski definition) is 2. The van der Waals surface area contributed by atoms with Crippen LogP contribution in [0.5, 0.6) is 11.5 Å². The van der Waals surface area contributed by atoms with Crippen molar-refractivity contribution in [2.45, 2.75) is 6.42 Å². The minimum Gasteiger partial charge on any atom is -0.508 e. The van der Waals surface area contributed by atoms with Crippen molar-refractivity contribution < 1.29 is 15.0 Å². The molecule has 0 aliphatic carbocycles. The molecule has 0 aliphatic rings. The Balaban J connectivity index is 2.83. The maximum Gasteiger partial charge on any atom is 0.152 e. The Morgan fingerprint density at radius 1 is 1.38 bits per heavy atom. The lowest BCUT2D eigenvalue weighted by molar-refractivity contribution is -0.116. The van der Waals surface area contributed by atoms with E-state index in [0.717, 1.165) is 0 Å². The quantitative estimate of drug-likeness (QED) is 0.727. The van der Waals surface area contributed by atoms with Gasteiger partial charge in [-0.3, -0.25) is 4.79 Å². The third kappa shape index (κ3) is 2.63. The second-order valence-electron chi connectivity index (χ2n) is 2.66. The van der Waals surface area contributed by atoms with Crippen LogP contribution in [0.2, 0.25) is 0 Å². The molecule has 0 heterocycles. The zero-order valence-electron chi connectivity index (χ0n) is 6.83. The molecular formula is C9H9ClO3. The molecular weight excluding hydrogens is 192 g/mol. The van der Waals surface area contributed by atoms with Crippen LogP contribution in [0.1, 0.15) is 5.56 Å². The molecule has 70 valence electrons. The first-order valence-electron chi connectivity index (χ1n) is 3.72. The van der Waals surface area contributed by atoms with Gasteiger partial charge in [0.05, 0.1) is 5.88 Å². The van der Waals surface area contributed by atoms with Gasteiger partial charge < -0.3 is 10.2 Å². The summed E-state index contributed by atoms with van der Waals surface area (Å²) in [6.45, 7) is 0. The van der Waals surface area contributed by atoms with E-state index in [1.165, 1.54) is 18.2 Å². The van der Waals surface area contributed by atoms with Gasteiger partial charge in [0.25, 0.3) is 0 Å². The van der Waals surface area contributed by atoms with Gasteiger partial charge in [-0.1, -0.05) is 6.07 Å². The van der Waals surface area contributed by atoms with Crippen LogP contribution in [0.25, 0.3) is 0 Å². The maximum atomic E-state index is 10.9. The van der Waals surface area contributed by atoms with Crippen LogP contribution in [0.4, 0.5) is 0 Å². The zero-order chi connectivity index (χ0) is 9.84. The second kappa shape index (κ2) is 4.14. The molecule has 0 atom stereocenters. The van der Waals surface area contributed by atoms with Gasteiger partial charge in [-0.25, -0.2) is 0 Å². The van der Waals surface area contributed by atoms with Crippen molar-refractivity contribution >= 4 is 17.4 Å². The number of benzene rings is 1. The molecule has 0 radical (unpaired) electrons. The van der Waals surface area contributed by atoms with Gasteiger partial charge in [0.15, 0.2) is 5.78 Å². The Bertz CT molecular complexity index is 323. The van der Waals surface area contributed by atoms with E-state index in [1.807, 2.05) is 0 Å². The summed E-state index contributed by atoms with van der Waals surface area (Å²) < 4.78 is 0. The number of aromatic hydroxyl groups is 2. The van der Waals surface area contributed by atoms with E-state index >= 15 is 0 Å². The van der Waals surface area contributed by atoms with Crippen LogP contribution in [0.15, 0.2) is 18.2 Å². The van der Waals surface area contributed by atoms with Gasteiger partial charge >= 0.3 is 0 Å². The van der Waals surface area contributed by atoms with Gasteiger partial charge in [0, 0.05) is 18.1 Å². The molecule has 1 aromatic rings. The monoisotopic (exact) mass is 200 g/mol. The average Bonchev–Trinajstić information content (AvgIpc) is 2.09. The van der Waals surface area contributed by atoms with Crippen molar-refractivity contribution in [1.82, 2.24) is 0 Å². The lowest BCUT2D eigenvalue weighted by atomic mass is 10.1. The topological polar surface area (TPSA) is 57.5 Å². The number of ketones is 1. The number of carbonyl (C=O) groups excluding carboxylic acids is 1. The highest BCUT2D eigenvalue weighted by Gasteiger charge is 2.06. The van der Waals surface area contributed by atoms with Crippen LogP contribution in [0.3, 0.4) is 0 Å². The summed E-state index contributed by atoms with van der Waals surface area (Å²) in [6.07, 6.45) is 0.0929. The molecule has 1 rings (SSSR count). The number of Topliss-reactive ketones (excluding diaryl/α,β-unsaturated/α-hetero) is 1. The molecule has 0 saturated carbocycles. The van der Waals surface area contributed by atoms with E-state index in [2.05, 4.69) is 0 Å². The molecule has 3 nitrogen and oxygen atoms in total. The molecule has 0 bridgehead atoms. The van der Waals surface area contributed by atoms with E-state index in [0.29, 0.717) is 5.56 Å². The van der Waals surface area contributed by atoms with Gasteiger partial charge in [0.1, 0.15) is 11.5 Å². The Morgan fingerprint density at radius 2 is 2.08 bits per heavy atom. The van der Waals surface area contributed by atoms with Crippen molar-refractivity contribution in [3.8, 4) is 11.5 Å². The first kappa shape index (κ1) is 9.86. The van der Waals surface area contributed by atoms with Crippen LogP contribution < -0.4 is 0 Å². The van der Waals surface area contributed by atoms with E-state index in [4.69, 9.17) is 16.7 Å². The van der Waals surface area contributed by atoms with Crippen molar-refractivity contribution in [3.63, 3.8) is 0 Å². The highest BCUT2D eigenvalue weighted by Crippen LogP contribution is 2.22. The maximum absolute atomic E-state index is 10.9. The number of alkyl halides is 1. The number of rotatable bonds is 3. The first-order chi connectivity index (χ1) is 6.13. The second-order valence-corrected chi connectivity index (χ2v) is 2.93. The summed E-state index contributed by atoms with van der Waals surface area (Å²) in [4.78, 5) is 10.9. The molecule has 0 amide bonds. The summed E-state index contributed by atoms with van der Waals surface area (Å²) in [7, 11) is 0. The predicted molar refractivity (Wildman–Crippen MR) is 49.2 cm³/mol. The molecule has 0 aromatic heterocycles. The van der Waals surface area contributed by atoms with Crippen LogP contribution in [-0.2, 0) is 11.2 Å². The summed E-state index contributed by atoms with van der Waals surface area (Å²) in [5.41, 5.74) is 0.475. The lowest BCUT2D eigenvalue weighted by Gasteiger charge is -2.02. The summed E-state index contributed by atoms with van der Waals surface area (Å²) in [5, 5.41) is 18.2. The smallest absolute Gasteiger partial charge is 0.152 e. The van der Waals surface area contributed by atoms with E-state index in [1.54, 1.807) is 0 Å². The van der Waals surface area contributed by atoms with Crippen LogP contribution in [-0.4, -0.2) is 21.9 Å².